The maximum absolute atomic E-state index is 14.0. The molecule has 1 atom stereocenters. The molecule has 0 aliphatic carbocycles. The number of fused-ring (bicyclic) bond motifs is 2. The maximum Gasteiger partial charge on any atom is 0.338 e. The molecule has 5 rings (SSSR count). The minimum absolute atomic E-state index is 0.202. The standard InChI is InChI=1S/C30H29N3O5S/c1-6-14-32-17-20(21-10-8-9-11-22(21)32)16-25-28(34)33-27(19-12-13-23(36-4)24(15-19)37-5)26(29(35)38-7-2)18(3)31-30(33)39-25/h6,8-13,15-17,27H,1,7,14H2,2-5H3/b25-16-/t27-/m1/s1. The lowest BCUT2D eigenvalue weighted by Gasteiger charge is -2.25. The highest BCUT2D eigenvalue weighted by Crippen LogP contribution is 2.36. The second-order valence-corrected chi connectivity index (χ2v) is 9.97. The Hall–Kier alpha value is -4.37. The third-order valence-corrected chi connectivity index (χ3v) is 7.66. The molecule has 200 valence electrons. The van der Waals surface area contributed by atoms with E-state index in [2.05, 4.69) is 16.1 Å². The zero-order chi connectivity index (χ0) is 27.7. The van der Waals surface area contributed by atoms with Gasteiger partial charge in [-0.3, -0.25) is 9.36 Å². The Morgan fingerprint density at radius 1 is 1.15 bits per heavy atom. The number of carbonyl (C=O) groups is 1. The predicted molar refractivity (Wildman–Crippen MR) is 152 cm³/mol. The SMILES string of the molecule is C=CCn1cc(/C=c2\sc3n(c2=O)[C@H](c2ccc(OC)c(OC)c2)C(C(=O)OCC)=C(C)N=3)c2ccccc21. The number of allylic oxidation sites excluding steroid dienone is 2. The third kappa shape index (κ3) is 4.59. The normalized spacial score (nSPS) is 15.2. The van der Waals surface area contributed by atoms with Gasteiger partial charge in [0.1, 0.15) is 0 Å². The maximum atomic E-state index is 14.0. The molecule has 0 spiro atoms. The fraction of sp³-hybridized carbons (Fsp3) is 0.233. The summed E-state index contributed by atoms with van der Waals surface area (Å²) in [5.41, 5.74) is 3.23. The second-order valence-electron chi connectivity index (χ2n) is 8.96. The minimum Gasteiger partial charge on any atom is -0.493 e. The van der Waals surface area contributed by atoms with Gasteiger partial charge in [0.25, 0.3) is 5.56 Å². The number of nitrogens with zero attached hydrogens (tertiary/aromatic N) is 3. The first-order valence-corrected chi connectivity index (χ1v) is 13.3. The summed E-state index contributed by atoms with van der Waals surface area (Å²) in [5.74, 6) is 0.522. The average molecular weight is 544 g/mol. The molecule has 3 heterocycles. The van der Waals surface area contributed by atoms with Gasteiger partial charge in [-0.15, -0.1) is 6.58 Å². The van der Waals surface area contributed by atoms with E-state index in [0.717, 1.165) is 16.5 Å². The first-order chi connectivity index (χ1) is 18.9. The van der Waals surface area contributed by atoms with Crippen LogP contribution in [0.5, 0.6) is 11.5 Å². The Morgan fingerprint density at radius 2 is 1.92 bits per heavy atom. The van der Waals surface area contributed by atoms with Gasteiger partial charge in [-0.05, 0) is 43.7 Å². The van der Waals surface area contributed by atoms with E-state index in [4.69, 9.17) is 14.2 Å². The van der Waals surface area contributed by atoms with Crippen LogP contribution in [0.25, 0.3) is 17.0 Å². The molecule has 0 bridgehead atoms. The van der Waals surface area contributed by atoms with Crippen LogP contribution in [0.3, 0.4) is 0 Å². The summed E-state index contributed by atoms with van der Waals surface area (Å²) in [4.78, 5) is 32.4. The number of ether oxygens (including phenoxy) is 3. The molecule has 2 aromatic heterocycles. The fourth-order valence-corrected chi connectivity index (χ4v) is 5.99. The molecule has 0 N–H and O–H groups in total. The summed E-state index contributed by atoms with van der Waals surface area (Å²) in [7, 11) is 3.10. The first-order valence-electron chi connectivity index (χ1n) is 12.5. The lowest BCUT2D eigenvalue weighted by Crippen LogP contribution is -2.39. The quantitative estimate of drug-likeness (QED) is 0.248. The Kier molecular flexibility index (Phi) is 7.26. The highest BCUT2D eigenvalue weighted by Gasteiger charge is 2.34. The first kappa shape index (κ1) is 26.2. The van der Waals surface area contributed by atoms with E-state index in [1.54, 1.807) is 44.8 Å². The van der Waals surface area contributed by atoms with Crippen molar-refractivity contribution < 1.29 is 19.0 Å². The number of methoxy groups -OCH3 is 2. The van der Waals surface area contributed by atoms with Gasteiger partial charge in [0.15, 0.2) is 16.3 Å². The number of hydrogen-bond donors (Lipinski definition) is 0. The fourth-order valence-electron chi connectivity index (χ4n) is 4.95. The topological polar surface area (TPSA) is 84.0 Å². The van der Waals surface area contributed by atoms with E-state index < -0.39 is 12.0 Å². The molecule has 0 amide bonds. The Morgan fingerprint density at radius 3 is 2.64 bits per heavy atom. The van der Waals surface area contributed by atoms with Crippen LogP contribution in [0.4, 0.5) is 0 Å². The Labute approximate surface area is 229 Å². The molecule has 1 aliphatic heterocycles. The molecule has 0 fully saturated rings. The highest BCUT2D eigenvalue weighted by atomic mass is 32.1. The summed E-state index contributed by atoms with van der Waals surface area (Å²) >= 11 is 1.29. The molecule has 0 unspecified atom stereocenters. The summed E-state index contributed by atoms with van der Waals surface area (Å²) in [5, 5.41) is 1.03. The average Bonchev–Trinajstić information content (AvgIpc) is 3.44. The highest BCUT2D eigenvalue weighted by molar-refractivity contribution is 7.07. The van der Waals surface area contributed by atoms with E-state index >= 15 is 0 Å². The number of esters is 1. The van der Waals surface area contributed by atoms with Gasteiger partial charge in [0, 0.05) is 29.2 Å². The third-order valence-electron chi connectivity index (χ3n) is 6.67. The van der Waals surface area contributed by atoms with Gasteiger partial charge in [-0.25, -0.2) is 9.79 Å². The monoisotopic (exact) mass is 543 g/mol. The number of para-hydroxylation sites is 1. The van der Waals surface area contributed by atoms with Crippen LogP contribution >= 0.6 is 11.3 Å². The lowest BCUT2D eigenvalue weighted by molar-refractivity contribution is -0.139. The van der Waals surface area contributed by atoms with Gasteiger partial charge in [-0.2, -0.15) is 0 Å². The van der Waals surface area contributed by atoms with E-state index in [-0.39, 0.29) is 12.2 Å². The predicted octanol–water partition coefficient (Wildman–Crippen LogP) is 3.96. The molecule has 1 aliphatic rings. The zero-order valence-electron chi connectivity index (χ0n) is 22.3. The smallest absolute Gasteiger partial charge is 0.338 e. The lowest BCUT2D eigenvalue weighted by atomic mass is 9.95. The molecule has 8 nitrogen and oxygen atoms in total. The van der Waals surface area contributed by atoms with Crippen LogP contribution < -0.4 is 24.4 Å². The molecule has 2 aromatic carbocycles. The zero-order valence-corrected chi connectivity index (χ0v) is 23.1. The molecule has 0 saturated heterocycles. The summed E-state index contributed by atoms with van der Waals surface area (Å²) in [6.45, 7) is 8.22. The van der Waals surface area contributed by atoms with Crippen LogP contribution in [-0.4, -0.2) is 35.9 Å². The molecular formula is C30H29N3O5S. The van der Waals surface area contributed by atoms with E-state index in [1.807, 2.05) is 48.7 Å². The number of aromatic nitrogens is 2. The van der Waals surface area contributed by atoms with Crippen molar-refractivity contribution in [3.63, 3.8) is 0 Å². The van der Waals surface area contributed by atoms with Crippen molar-refractivity contribution in [3.8, 4) is 11.5 Å². The van der Waals surface area contributed by atoms with Crippen molar-refractivity contribution in [1.82, 2.24) is 9.13 Å². The van der Waals surface area contributed by atoms with Crippen molar-refractivity contribution in [2.45, 2.75) is 26.4 Å². The number of benzene rings is 2. The van der Waals surface area contributed by atoms with Crippen LogP contribution in [-0.2, 0) is 16.1 Å². The van der Waals surface area contributed by atoms with Crippen molar-refractivity contribution in [1.29, 1.82) is 0 Å². The van der Waals surface area contributed by atoms with E-state index in [9.17, 15) is 9.59 Å². The molecule has 4 aromatic rings. The van der Waals surface area contributed by atoms with Gasteiger partial charge in [0.05, 0.1) is 42.7 Å². The van der Waals surface area contributed by atoms with Gasteiger partial charge >= 0.3 is 5.97 Å². The molecule has 0 saturated carbocycles. The summed E-state index contributed by atoms with van der Waals surface area (Å²) < 4.78 is 20.5. The largest absolute Gasteiger partial charge is 0.493 e. The van der Waals surface area contributed by atoms with Crippen molar-refractivity contribution in [3.05, 3.63) is 103 Å². The minimum atomic E-state index is -0.746. The number of rotatable bonds is 8. The van der Waals surface area contributed by atoms with Crippen molar-refractivity contribution >= 4 is 34.3 Å². The van der Waals surface area contributed by atoms with Crippen LogP contribution in [0.1, 0.15) is 31.0 Å². The van der Waals surface area contributed by atoms with Crippen LogP contribution in [0.15, 0.2) is 82.4 Å². The van der Waals surface area contributed by atoms with Gasteiger partial charge in [-0.1, -0.05) is 41.7 Å². The van der Waals surface area contributed by atoms with Crippen LogP contribution in [0, 0.1) is 0 Å². The van der Waals surface area contributed by atoms with E-state index in [1.165, 1.54) is 11.3 Å². The van der Waals surface area contributed by atoms with Gasteiger partial charge < -0.3 is 18.8 Å². The second kappa shape index (κ2) is 10.8. The molecule has 39 heavy (non-hydrogen) atoms. The van der Waals surface area contributed by atoms with Crippen LogP contribution in [0.2, 0.25) is 0 Å². The molecule has 0 radical (unpaired) electrons. The van der Waals surface area contributed by atoms with Crippen molar-refractivity contribution in [2.75, 3.05) is 20.8 Å². The number of hydrogen-bond acceptors (Lipinski definition) is 7. The van der Waals surface area contributed by atoms with Crippen molar-refractivity contribution in [2.24, 2.45) is 4.99 Å². The number of thiazole rings is 1. The van der Waals surface area contributed by atoms with E-state index in [0.29, 0.717) is 44.2 Å². The molecule has 9 heteroatoms. The van der Waals surface area contributed by atoms with Gasteiger partial charge in [0.2, 0.25) is 0 Å². The Balaban J connectivity index is 1.75. The molecular weight excluding hydrogens is 514 g/mol. The number of carbonyl (C=O) groups excluding carboxylic acids is 1. The summed E-state index contributed by atoms with van der Waals surface area (Å²) in [6, 6.07) is 12.7. The summed E-state index contributed by atoms with van der Waals surface area (Å²) in [6.07, 6.45) is 5.75. The Bertz CT molecular complexity index is 1810.